The van der Waals surface area contributed by atoms with Gasteiger partial charge in [-0.15, -0.1) is 0 Å². The normalized spacial score (nSPS) is 10.3. The summed E-state index contributed by atoms with van der Waals surface area (Å²) >= 11 is 0. The van der Waals surface area contributed by atoms with Gasteiger partial charge in [-0.3, -0.25) is 0 Å². The Balaban J connectivity index is 2.10. The third-order valence-corrected chi connectivity index (χ3v) is 2.46. The van der Waals surface area contributed by atoms with Gasteiger partial charge in [0.2, 0.25) is 5.88 Å². The van der Waals surface area contributed by atoms with E-state index >= 15 is 0 Å². The lowest BCUT2D eigenvalue weighted by Gasteiger charge is -2.10. The maximum Gasteiger partial charge on any atom is 0.242 e. The molecule has 0 aromatic carbocycles. The zero-order chi connectivity index (χ0) is 13.0. The Hall–Kier alpha value is -2.31. The van der Waals surface area contributed by atoms with Crippen molar-refractivity contribution in [2.75, 3.05) is 17.7 Å². The van der Waals surface area contributed by atoms with Crippen LogP contribution in [0.25, 0.3) is 0 Å². The zero-order valence-corrected chi connectivity index (χ0v) is 10.4. The summed E-state index contributed by atoms with van der Waals surface area (Å²) in [7, 11) is 1.93. The van der Waals surface area contributed by atoms with Gasteiger partial charge in [0.25, 0.3) is 0 Å². The number of nitrogen functional groups attached to an aromatic ring is 1. The van der Waals surface area contributed by atoms with Crippen molar-refractivity contribution in [2.45, 2.75) is 13.5 Å². The highest BCUT2D eigenvalue weighted by atomic mass is 16.5. The van der Waals surface area contributed by atoms with Crippen LogP contribution >= 0.6 is 0 Å². The molecule has 7 heteroatoms. The Morgan fingerprint density at radius 1 is 1.39 bits per heavy atom. The number of aryl methyl sites for hydroxylation is 1. The van der Waals surface area contributed by atoms with Crippen LogP contribution in [-0.2, 0) is 13.6 Å². The monoisotopic (exact) mass is 248 g/mol. The van der Waals surface area contributed by atoms with Crippen LogP contribution in [0.15, 0.2) is 18.7 Å². The molecule has 2 aromatic rings. The van der Waals surface area contributed by atoms with E-state index in [1.54, 1.807) is 6.20 Å². The van der Waals surface area contributed by atoms with Crippen LogP contribution in [0.1, 0.15) is 12.7 Å². The van der Waals surface area contributed by atoms with Gasteiger partial charge in [-0.25, -0.2) is 9.97 Å². The highest BCUT2D eigenvalue weighted by Crippen LogP contribution is 2.24. The minimum absolute atomic E-state index is 0.398. The summed E-state index contributed by atoms with van der Waals surface area (Å²) in [5, 5.41) is 3.12. The van der Waals surface area contributed by atoms with Crippen LogP contribution < -0.4 is 15.8 Å². The first kappa shape index (κ1) is 12.2. The van der Waals surface area contributed by atoms with Crippen LogP contribution in [0, 0.1) is 0 Å². The molecule has 0 fully saturated rings. The molecule has 2 heterocycles. The van der Waals surface area contributed by atoms with E-state index in [-0.39, 0.29) is 0 Å². The van der Waals surface area contributed by atoms with E-state index in [4.69, 9.17) is 10.5 Å². The molecule has 7 nitrogen and oxygen atoms in total. The van der Waals surface area contributed by atoms with Crippen LogP contribution in [0.3, 0.4) is 0 Å². The van der Waals surface area contributed by atoms with Crippen molar-refractivity contribution in [3.8, 4) is 5.88 Å². The summed E-state index contributed by atoms with van der Waals surface area (Å²) in [6.07, 6.45) is 5.04. The number of nitrogens with two attached hydrogens (primary N) is 1. The van der Waals surface area contributed by atoms with Crippen molar-refractivity contribution < 1.29 is 4.74 Å². The molecule has 96 valence electrons. The van der Waals surface area contributed by atoms with Gasteiger partial charge in [0.1, 0.15) is 17.8 Å². The number of anilines is 2. The van der Waals surface area contributed by atoms with Crippen molar-refractivity contribution in [3.05, 3.63) is 24.5 Å². The number of hydrogen-bond acceptors (Lipinski definition) is 6. The van der Waals surface area contributed by atoms with E-state index < -0.39 is 0 Å². The van der Waals surface area contributed by atoms with Gasteiger partial charge in [-0.2, -0.15) is 4.98 Å². The summed E-state index contributed by atoms with van der Waals surface area (Å²) in [6.45, 7) is 2.93. The maximum atomic E-state index is 5.91. The number of nitrogens with zero attached hydrogens (tertiary/aromatic N) is 4. The highest BCUT2D eigenvalue weighted by Gasteiger charge is 2.09. The van der Waals surface area contributed by atoms with Crippen LogP contribution in [0.5, 0.6) is 5.88 Å². The fourth-order valence-corrected chi connectivity index (χ4v) is 1.50. The lowest BCUT2D eigenvalue weighted by Crippen LogP contribution is -2.10. The fraction of sp³-hybridized carbons (Fsp3) is 0.364. The number of hydrogen-bond donors (Lipinski definition) is 2. The molecule has 0 amide bonds. The topological polar surface area (TPSA) is 90.9 Å². The first-order chi connectivity index (χ1) is 8.72. The van der Waals surface area contributed by atoms with Crippen molar-refractivity contribution in [1.82, 2.24) is 19.5 Å². The van der Waals surface area contributed by atoms with E-state index in [0.717, 1.165) is 5.82 Å². The Morgan fingerprint density at radius 2 is 2.22 bits per heavy atom. The minimum Gasteiger partial charge on any atom is -0.476 e. The predicted octanol–water partition coefficient (Wildman–Crippen LogP) is 0.803. The molecular weight excluding hydrogens is 232 g/mol. The molecule has 0 aliphatic carbocycles. The standard InChI is InChI=1S/C11H16N6O/c1-3-18-11-9(12)10(15-7-16-11)14-6-8-13-4-5-17(8)2/h4-5,7H,3,6,12H2,1-2H3,(H,14,15,16). The fourth-order valence-electron chi connectivity index (χ4n) is 1.50. The van der Waals surface area contributed by atoms with E-state index in [0.29, 0.717) is 30.5 Å². The van der Waals surface area contributed by atoms with Crippen molar-refractivity contribution in [3.63, 3.8) is 0 Å². The Morgan fingerprint density at radius 3 is 2.89 bits per heavy atom. The third-order valence-electron chi connectivity index (χ3n) is 2.46. The van der Waals surface area contributed by atoms with Crippen molar-refractivity contribution in [1.29, 1.82) is 0 Å². The summed E-state index contributed by atoms with van der Waals surface area (Å²) in [5.74, 6) is 1.84. The smallest absolute Gasteiger partial charge is 0.242 e. The summed E-state index contributed by atoms with van der Waals surface area (Å²) < 4.78 is 7.23. The number of rotatable bonds is 5. The van der Waals surface area contributed by atoms with Crippen molar-refractivity contribution >= 4 is 11.5 Å². The Kier molecular flexibility index (Phi) is 3.61. The first-order valence-electron chi connectivity index (χ1n) is 5.65. The van der Waals surface area contributed by atoms with Gasteiger partial charge < -0.3 is 20.4 Å². The van der Waals surface area contributed by atoms with Crippen molar-refractivity contribution in [2.24, 2.45) is 7.05 Å². The van der Waals surface area contributed by atoms with Crippen LogP contribution in [0.4, 0.5) is 11.5 Å². The zero-order valence-electron chi connectivity index (χ0n) is 10.4. The highest BCUT2D eigenvalue weighted by molar-refractivity contribution is 5.66. The average Bonchev–Trinajstić information content (AvgIpc) is 2.76. The van der Waals surface area contributed by atoms with Gasteiger partial charge >= 0.3 is 0 Å². The van der Waals surface area contributed by atoms with Crippen LogP contribution in [0.2, 0.25) is 0 Å². The van der Waals surface area contributed by atoms with Crippen LogP contribution in [-0.4, -0.2) is 26.1 Å². The molecule has 0 saturated carbocycles. The molecule has 2 aromatic heterocycles. The van der Waals surface area contributed by atoms with Gasteiger partial charge in [0.05, 0.1) is 13.2 Å². The molecule has 0 atom stereocenters. The van der Waals surface area contributed by atoms with E-state index in [9.17, 15) is 0 Å². The second-order valence-corrected chi connectivity index (χ2v) is 3.68. The third kappa shape index (κ3) is 2.50. The van der Waals surface area contributed by atoms with E-state index in [1.807, 2.05) is 24.7 Å². The minimum atomic E-state index is 0.398. The molecule has 3 N–H and O–H groups in total. The molecule has 0 radical (unpaired) electrons. The molecule has 2 rings (SSSR count). The Labute approximate surface area is 105 Å². The van der Waals surface area contributed by atoms with Gasteiger partial charge in [0.15, 0.2) is 5.82 Å². The van der Waals surface area contributed by atoms with E-state index in [2.05, 4.69) is 20.3 Å². The van der Waals surface area contributed by atoms with Gasteiger partial charge in [-0.05, 0) is 6.92 Å². The largest absolute Gasteiger partial charge is 0.476 e. The predicted molar refractivity (Wildman–Crippen MR) is 68.1 cm³/mol. The molecule has 0 saturated heterocycles. The molecule has 0 bridgehead atoms. The lowest BCUT2D eigenvalue weighted by molar-refractivity contribution is 0.328. The second kappa shape index (κ2) is 5.35. The summed E-state index contributed by atoms with van der Waals surface area (Å²) in [5.41, 5.74) is 6.32. The average molecular weight is 248 g/mol. The van der Waals surface area contributed by atoms with Gasteiger partial charge in [-0.1, -0.05) is 0 Å². The molecule has 18 heavy (non-hydrogen) atoms. The number of nitrogens with one attached hydrogen (secondary N) is 1. The molecule has 0 aliphatic rings. The number of ether oxygens (including phenoxy) is 1. The molecule has 0 spiro atoms. The molecule has 0 unspecified atom stereocenters. The quantitative estimate of drug-likeness (QED) is 0.813. The number of imidazole rings is 1. The SMILES string of the molecule is CCOc1ncnc(NCc2nccn2C)c1N. The molecular formula is C11H16N6O. The number of aromatic nitrogens is 4. The van der Waals surface area contributed by atoms with E-state index in [1.165, 1.54) is 6.33 Å². The maximum absolute atomic E-state index is 5.91. The Bertz CT molecular complexity index is 524. The first-order valence-corrected chi connectivity index (χ1v) is 5.65. The summed E-state index contributed by atoms with van der Waals surface area (Å²) in [6, 6.07) is 0. The molecule has 0 aliphatic heterocycles. The van der Waals surface area contributed by atoms with Gasteiger partial charge in [0, 0.05) is 19.4 Å². The summed E-state index contributed by atoms with van der Waals surface area (Å²) in [4.78, 5) is 12.3. The second-order valence-electron chi connectivity index (χ2n) is 3.68. The lowest BCUT2D eigenvalue weighted by atomic mass is 10.4.